The predicted octanol–water partition coefficient (Wildman–Crippen LogP) is -0.844. The molecule has 70 valence electrons. The second-order valence-corrected chi connectivity index (χ2v) is 3.16. The molecular weight excluding hydrogens is 154 g/mol. The smallest absolute Gasteiger partial charge is 0.209 e. The van der Waals surface area contributed by atoms with Crippen LogP contribution in [-0.4, -0.2) is 43.5 Å². The lowest BCUT2D eigenvalue weighted by Crippen LogP contribution is -2.43. The number of nitrogens with zero attached hydrogens (tertiary/aromatic N) is 1. The monoisotopic (exact) mass is 171 g/mol. The van der Waals surface area contributed by atoms with Crippen molar-refractivity contribution in [2.24, 2.45) is 5.73 Å². The van der Waals surface area contributed by atoms with Gasteiger partial charge in [-0.05, 0) is 12.8 Å². The largest absolute Gasteiger partial charge is 0.345 e. The summed E-state index contributed by atoms with van der Waals surface area (Å²) < 4.78 is 0. The van der Waals surface area contributed by atoms with E-state index in [-0.39, 0.29) is 0 Å². The number of rotatable bonds is 4. The van der Waals surface area contributed by atoms with E-state index < -0.39 is 0 Å². The Labute approximate surface area is 73.1 Å². The molecule has 0 aromatic heterocycles. The van der Waals surface area contributed by atoms with Gasteiger partial charge in [0.05, 0.1) is 0 Å². The van der Waals surface area contributed by atoms with E-state index in [9.17, 15) is 4.79 Å². The van der Waals surface area contributed by atoms with Gasteiger partial charge in [-0.15, -0.1) is 0 Å². The fraction of sp³-hybridized carbons (Fsp3) is 0.875. The minimum Gasteiger partial charge on any atom is -0.345 e. The summed E-state index contributed by atoms with van der Waals surface area (Å²) in [5.41, 5.74) is 5.37. The Morgan fingerprint density at radius 1 is 1.50 bits per heavy atom. The standard InChI is InChI=1S/C8H17N3O/c9-3-4-10-8-1-5-11(7-12)6-2-8/h7-8,10H,1-6,9H2. The number of nitrogens with two attached hydrogens (primary N) is 1. The lowest BCUT2D eigenvalue weighted by atomic mass is 10.1. The highest BCUT2D eigenvalue weighted by Crippen LogP contribution is 2.07. The molecule has 1 heterocycles. The van der Waals surface area contributed by atoms with Gasteiger partial charge in [-0.2, -0.15) is 0 Å². The highest BCUT2D eigenvalue weighted by Gasteiger charge is 2.16. The van der Waals surface area contributed by atoms with Crippen LogP contribution in [0.5, 0.6) is 0 Å². The Morgan fingerprint density at radius 2 is 2.17 bits per heavy atom. The molecular formula is C8H17N3O. The molecule has 0 unspecified atom stereocenters. The zero-order valence-corrected chi connectivity index (χ0v) is 7.33. The first-order valence-corrected chi connectivity index (χ1v) is 4.49. The van der Waals surface area contributed by atoms with Crippen LogP contribution in [-0.2, 0) is 4.79 Å². The molecule has 4 heteroatoms. The van der Waals surface area contributed by atoms with Gasteiger partial charge in [0.1, 0.15) is 0 Å². The van der Waals surface area contributed by atoms with Crippen molar-refractivity contribution < 1.29 is 4.79 Å². The van der Waals surface area contributed by atoms with Crippen LogP contribution in [0.4, 0.5) is 0 Å². The number of likely N-dealkylation sites (tertiary alicyclic amines) is 1. The topological polar surface area (TPSA) is 58.4 Å². The van der Waals surface area contributed by atoms with Gasteiger partial charge in [-0.25, -0.2) is 0 Å². The highest BCUT2D eigenvalue weighted by molar-refractivity contribution is 5.47. The molecule has 1 rings (SSSR count). The number of nitrogens with one attached hydrogen (secondary N) is 1. The third kappa shape index (κ3) is 2.79. The van der Waals surface area contributed by atoms with Crippen molar-refractivity contribution in [3.63, 3.8) is 0 Å². The van der Waals surface area contributed by atoms with E-state index in [2.05, 4.69) is 5.32 Å². The van der Waals surface area contributed by atoms with Crippen molar-refractivity contribution in [1.29, 1.82) is 0 Å². The molecule has 1 aliphatic rings. The fourth-order valence-electron chi connectivity index (χ4n) is 1.50. The Bertz CT molecular complexity index is 132. The Hall–Kier alpha value is -0.610. The number of hydrogen-bond donors (Lipinski definition) is 2. The lowest BCUT2D eigenvalue weighted by molar-refractivity contribution is -0.119. The van der Waals surface area contributed by atoms with Crippen LogP contribution in [0.2, 0.25) is 0 Å². The van der Waals surface area contributed by atoms with E-state index >= 15 is 0 Å². The van der Waals surface area contributed by atoms with Crippen LogP contribution in [0.15, 0.2) is 0 Å². The second-order valence-electron chi connectivity index (χ2n) is 3.16. The predicted molar refractivity (Wildman–Crippen MR) is 47.7 cm³/mol. The van der Waals surface area contributed by atoms with E-state index in [0.717, 1.165) is 38.9 Å². The molecule has 4 nitrogen and oxygen atoms in total. The molecule has 0 bridgehead atoms. The number of carbonyl (C=O) groups excluding carboxylic acids is 1. The van der Waals surface area contributed by atoms with Gasteiger partial charge in [0.15, 0.2) is 0 Å². The van der Waals surface area contributed by atoms with E-state index in [1.54, 1.807) is 0 Å². The van der Waals surface area contributed by atoms with Crippen LogP contribution in [0.3, 0.4) is 0 Å². The molecule has 0 aliphatic carbocycles. The summed E-state index contributed by atoms with van der Waals surface area (Å²) in [4.78, 5) is 12.2. The minimum absolute atomic E-state index is 0.560. The molecule has 1 amide bonds. The van der Waals surface area contributed by atoms with E-state index in [0.29, 0.717) is 12.6 Å². The first kappa shape index (κ1) is 9.48. The third-order valence-corrected chi connectivity index (χ3v) is 2.26. The SMILES string of the molecule is NCCNC1CCN(C=O)CC1. The summed E-state index contributed by atoms with van der Waals surface area (Å²) in [6.45, 7) is 3.33. The maximum atomic E-state index is 10.4. The van der Waals surface area contributed by atoms with Gasteiger partial charge in [0.25, 0.3) is 0 Å². The summed E-state index contributed by atoms with van der Waals surface area (Å²) in [5.74, 6) is 0. The number of piperidine rings is 1. The van der Waals surface area contributed by atoms with Gasteiger partial charge in [0, 0.05) is 32.2 Å². The molecule has 0 atom stereocenters. The zero-order chi connectivity index (χ0) is 8.81. The minimum atomic E-state index is 0.560. The van der Waals surface area contributed by atoms with Crippen molar-refractivity contribution in [2.75, 3.05) is 26.2 Å². The van der Waals surface area contributed by atoms with E-state index in [1.165, 1.54) is 0 Å². The van der Waals surface area contributed by atoms with Crippen LogP contribution in [0.1, 0.15) is 12.8 Å². The molecule has 0 saturated carbocycles. The van der Waals surface area contributed by atoms with Crippen LogP contribution >= 0.6 is 0 Å². The van der Waals surface area contributed by atoms with Crippen molar-refractivity contribution in [3.8, 4) is 0 Å². The molecule has 0 spiro atoms. The fourth-order valence-corrected chi connectivity index (χ4v) is 1.50. The summed E-state index contributed by atoms with van der Waals surface area (Å²) in [5, 5.41) is 3.35. The molecule has 0 radical (unpaired) electrons. The molecule has 1 fully saturated rings. The Morgan fingerprint density at radius 3 is 2.67 bits per heavy atom. The van der Waals surface area contributed by atoms with Crippen LogP contribution < -0.4 is 11.1 Å². The number of amides is 1. The zero-order valence-electron chi connectivity index (χ0n) is 7.33. The summed E-state index contributed by atoms with van der Waals surface area (Å²) in [6, 6.07) is 0.560. The van der Waals surface area contributed by atoms with E-state index in [4.69, 9.17) is 5.73 Å². The molecule has 3 N–H and O–H groups in total. The van der Waals surface area contributed by atoms with Crippen molar-refractivity contribution in [3.05, 3.63) is 0 Å². The van der Waals surface area contributed by atoms with Gasteiger partial charge in [-0.1, -0.05) is 0 Å². The average molecular weight is 171 g/mol. The quantitative estimate of drug-likeness (QED) is 0.542. The van der Waals surface area contributed by atoms with Gasteiger partial charge in [0.2, 0.25) is 6.41 Å². The molecule has 0 aromatic rings. The molecule has 1 aliphatic heterocycles. The normalized spacial score (nSPS) is 19.6. The van der Waals surface area contributed by atoms with Crippen molar-refractivity contribution >= 4 is 6.41 Å². The van der Waals surface area contributed by atoms with Crippen LogP contribution in [0, 0.1) is 0 Å². The van der Waals surface area contributed by atoms with Crippen molar-refractivity contribution in [1.82, 2.24) is 10.2 Å². The summed E-state index contributed by atoms with van der Waals surface area (Å²) in [7, 11) is 0. The van der Waals surface area contributed by atoms with Crippen molar-refractivity contribution in [2.45, 2.75) is 18.9 Å². The summed E-state index contributed by atoms with van der Waals surface area (Å²) >= 11 is 0. The first-order chi connectivity index (χ1) is 5.86. The van der Waals surface area contributed by atoms with E-state index in [1.807, 2.05) is 4.90 Å². The van der Waals surface area contributed by atoms with Gasteiger partial charge in [-0.3, -0.25) is 4.79 Å². The second kappa shape index (κ2) is 5.11. The Balaban J connectivity index is 2.12. The molecule has 12 heavy (non-hydrogen) atoms. The van der Waals surface area contributed by atoms with Gasteiger partial charge >= 0.3 is 0 Å². The molecule has 1 saturated heterocycles. The first-order valence-electron chi connectivity index (χ1n) is 4.49. The summed E-state index contributed by atoms with van der Waals surface area (Å²) in [6.07, 6.45) is 3.04. The Kier molecular flexibility index (Phi) is 4.04. The number of carbonyl (C=O) groups is 1. The number of hydrogen-bond acceptors (Lipinski definition) is 3. The highest BCUT2D eigenvalue weighted by atomic mass is 16.1. The lowest BCUT2D eigenvalue weighted by Gasteiger charge is -2.29. The maximum absolute atomic E-state index is 10.4. The third-order valence-electron chi connectivity index (χ3n) is 2.26. The molecule has 0 aromatic carbocycles. The van der Waals surface area contributed by atoms with Gasteiger partial charge < -0.3 is 16.0 Å². The average Bonchev–Trinajstić information content (AvgIpc) is 2.15. The van der Waals surface area contributed by atoms with Crippen LogP contribution in [0.25, 0.3) is 0 Å². The maximum Gasteiger partial charge on any atom is 0.209 e.